The lowest BCUT2D eigenvalue weighted by Gasteiger charge is -2.09. The molecule has 3 N–H and O–H groups in total. The molecule has 0 fully saturated rings. The zero-order chi connectivity index (χ0) is 13.0. The van der Waals surface area contributed by atoms with Crippen LogP contribution in [0.15, 0.2) is 42.5 Å². The molecular formula is C14H15NO3. The number of aromatic hydroxyl groups is 2. The fourth-order valence-corrected chi connectivity index (χ4v) is 1.65. The predicted molar refractivity (Wildman–Crippen MR) is 70.1 cm³/mol. The molecule has 0 saturated carbocycles. The van der Waals surface area contributed by atoms with Gasteiger partial charge >= 0.3 is 0 Å². The number of hydrogen-bond donors (Lipinski definition) is 3. The van der Waals surface area contributed by atoms with E-state index in [0.717, 1.165) is 11.3 Å². The molecule has 0 bridgehead atoms. The second-order valence-electron chi connectivity index (χ2n) is 3.91. The summed E-state index contributed by atoms with van der Waals surface area (Å²) in [5.74, 6) is 0.798. The number of nitrogens with one attached hydrogen (secondary N) is 1. The number of anilines is 1. The number of rotatable bonds is 4. The van der Waals surface area contributed by atoms with E-state index >= 15 is 0 Å². The van der Waals surface area contributed by atoms with Crippen LogP contribution in [0.3, 0.4) is 0 Å². The first kappa shape index (κ1) is 12.1. The van der Waals surface area contributed by atoms with Gasteiger partial charge < -0.3 is 20.3 Å². The largest absolute Gasteiger partial charge is 0.508 e. The van der Waals surface area contributed by atoms with Gasteiger partial charge in [-0.15, -0.1) is 0 Å². The van der Waals surface area contributed by atoms with Crippen molar-refractivity contribution in [3.63, 3.8) is 0 Å². The number of phenols is 2. The van der Waals surface area contributed by atoms with Crippen molar-refractivity contribution < 1.29 is 14.9 Å². The number of ether oxygens (including phenoxy) is 1. The van der Waals surface area contributed by atoms with Gasteiger partial charge in [-0.3, -0.25) is 0 Å². The summed E-state index contributed by atoms with van der Waals surface area (Å²) in [6.45, 7) is 0.583. The van der Waals surface area contributed by atoms with Crippen LogP contribution in [0.4, 0.5) is 5.69 Å². The Kier molecular flexibility index (Phi) is 3.57. The lowest BCUT2D eigenvalue weighted by Crippen LogP contribution is -1.99. The molecule has 0 spiro atoms. The third kappa shape index (κ3) is 2.85. The quantitative estimate of drug-likeness (QED) is 0.775. The van der Waals surface area contributed by atoms with Gasteiger partial charge in [-0.1, -0.05) is 12.1 Å². The maximum Gasteiger partial charge on any atom is 0.160 e. The highest BCUT2D eigenvalue weighted by atomic mass is 16.5. The normalized spacial score (nSPS) is 10.1. The van der Waals surface area contributed by atoms with E-state index < -0.39 is 0 Å². The van der Waals surface area contributed by atoms with Crippen LogP contribution in [0, 0.1) is 0 Å². The van der Waals surface area contributed by atoms with Gasteiger partial charge in [0.25, 0.3) is 0 Å². The molecule has 94 valence electrons. The molecule has 0 unspecified atom stereocenters. The molecule has 0 amide bonds. The van der Waals surface area contributed by atoms with Crippen molar-refractivity contribution >= 4 is 5.69 Å². The third-order valence-electron chi connectivity index (χ3n) is 2.59. The number of hydrogen-bond acceptors (Lipinski definition) is 4. The van der Waals surface area contributed by atoms with E-state index in [4.69, 9.17) is 4.74 Å². The third-order valence-corrected chi connectivity index (χ3v) is 2.59. The molecule has 0 saturated heterocycles. The van der Waals surface area contributed by atoms with E-state index in [1.807, 2.05) is 12.1 Å². The molecular weight excluding hydrogens is 230 g/mol. The van der Waals surface area contributed by atoms with Crippen LogP contribution in [0.25, 0.3) is 0 Å². The van der Waals surface area contributed by atoms with E-state index in [1.165, 1.54) is 7.11 Å². The van der Waals surface area contributed by atoms with Gasteiger partial charge in [0.05, 0.1) is 7.11 Å². The lowest BCUT2D eigenvalue weighted by atomic mass is 10.2. The van der Waals surface area contributed by atoms with Gasteiger partial charge in [0.15, 0.2) is 11.5 Å². The average Bonchev–Trinajstić information content (AvgIpc) is 2.38. The van der Waals surface area contributed by atoms with Gasteiger partial charge in [-0.2, -0.15) is 0 Å². The Morgan fingerprint density at radius 1 is 1.11 bits per heavy atom. The van der Waals surface area contributed by atoms with Crippen LogP contribution in [0.5, 0.6) is 17.2 Å². The molecule has 0 atom stereocenters. The van der Waals surface area contributed by atoms with E-state index in [-0.39, 0.29) is 11.5 Å². The Hall–Kier alpha value is -2.36. The fraction of sp³-hybridized carbons (Fsp3) is 0.143. The molecule has 0 aliphatic rings. The van der Waals surface area contributed by atoms with Crippen molar-refractivity contribution in [2.45, 2.75) is 6.54 Å². The van der Waals surface area contributed by atoms with E-state index in [1.54, 1.807) is 30.3 Å². The van der Waals surface area contributed by atoms with Crippen molar-refractivity contribution in [1.29, 1.82) is 0 Å². The van der Waals surface area contributed by atoms with Gasteiger partial charge in [-0.05, 0) is 29.8 Å². The number of methoxy groups -OCH3 is 1. The molecule has 0 heterocycles. The summed E-state index contributed by atoms with van der Waals surface area (Å²) in [5.41, 5.74) is 1.81. The monoisotopic (exact) mass is 245 g/mol. The molecule has 0 radical (unpaired) electrons. The van der Waals surface area contributed by atoms with Crippen LogP contribution in [0.2, 0.25) is 0 Å². The molecule has 4 heteroatoms. The standard InChI is InChI=1S/C14H15NO3/c1-18-14-7-10(5-6-13(14)17)9-15-11-3-2-4-12(16)8-11/h2-8,15-17H,9H2,1H3. The predicted octanol–water partition coefficient (Wildman–Crippen LogP) is 2.72. The molecule has 0 aliphatic heterocycles. The molecule has 4 nitrogen and oxygen atoms in total. The average molecular weight is 245 g/mol. The highest BCUT2D eigenvalue weighted by molar-refractivity contribution is 5.49. The maximum absolute atomic E-state index is 9.48. The molecule has 2 aromatic carbocycles. The minimum Gasteiger partial charge on any atom is -0.508 e. The van der Waals surface area contributed by atoms with Crippen LogP contribution in [0.1, 0.15) is 5.56 Å². The zero-order valence-corrected chi connectivity index (χ0v) is 10.1. The van der Waals surface area contributed by atoms with Crippen molar-refractivity contribution in [3.8, 4) is 17.2 Å². The smallest absolute Gasteiger partial charge is 0.160 e. The molecule has 0 aromatic heterocycles. The van der Waals surface area contributed by atoms with Crippen LogP contribution >= 0.6 is 0 Å². The summed E-state index contributed by atoms with van der Waals surface area (Å²) in [6.07, 6.45) is 0. The van der Waals surface area contributed by atoms with Gasteiger partial charge in [0.2, 0.25) is 0 Å². The Morgan fingerprint density at radius 2 is 1.94 bits per heavy atom. The van der Waals surface area contributed by atoms with Crippen molar-refractivity contribution in [1.82, 2.24) is 0 Å². The summed E-state index contributed by atoms with van der Waals surface area (Å²) in [4.78, 5) is 0. The molecule has 2 aromatic rings. The summed E-state index contributed by atoms with van der Waals surface area (Å²) in [6, 6.07) is 12.1. The fourth-order valence-electron chi connectivity index (χ4n) is 1.65. The van der Waals surface area contributed by atoms with Gasteiger partial charge in [0.1, 0.15) is 5.75 Å². The van der Waals surface area contributed by atoms with E-state index in [0.29, 0.717) is 12.3 Å². The van der Waals surface area contributed by atoms with Crippen molar-refractivity contribution in [3.05, 3.63) is 48.0 Å². The summed E-state index contributed by atoms with van der Waals surface area (Å²) < 4.78 is 5.04. The first-order valence-corrected chi connectivity index (χ1v) is 5.58. The van der Waals surface area contributed by atoms with Crippen LogP contribution in [-0.4, -0.2) is 17.3 Å². The Morgan fingerprint density at radius 3 is 2.67 bits per heavy atom. The molecule has 0 aliphatic carbocycles. The van der Waals surface area contributed by atoms with Gasteiger partial charge in [-0.25, -0.2) is 0 Å². The molecule has 18 heavy (non-hydrogen) atoms. The minimum absolute atomic E-state index is 0.124. The number of benzene rings is 2. The highest BCUT2D eigenvalue weighted by Gasteiger charge is 2.02. The first-order valence-electron chi connectivity index (χ1n) is 5.58. The SMILES string of the molecule is COc1cc(CNc2cccc(O)c2)ccc1O. The number of phenolic OH excluding ortho intramolecular Hbond substituents is 2. The van der Waals surface area contributed by atoms with Crippen LogP contribution in [-0.2, 0) is 6.54 Å². The highest BCUT2D eigenvalue weighted by Crippen LogP contribution is 2.26. The maximum atomic E-state index is 9.48. The first-order chi connectivity index (χ1) is 8.69. The topological polar surface area (TPSA) is 61.7 Å². The summed E-state index contributed by atoms with van der Waals surface area (Å²) >= 11 is 0. The molecule has 2 rings (SSSR count). The van der Waals surface area contributed by atoms with Crippen molar-refractivity contribution in [2.75, 3.05) is 12.4 Å². The second-order valence-corrected chi connectivity index (χ2v) is 3.91. The second kappa shape index (κ2) is 5.31. The Balaban J connectivity index is 2.06. The Labute approximate surface area is 105 Å². The minimum atomic E-state index is 0.124. The van der Waals surface area contributed by atoms with Crippen molar-refractivity contribution in [2.24, 2.45) is 0 Å². The zero-order valence-electron chi connectivity index (χ0n) is 10.1. The van der Waals surface area contributed by atoms with E-state index in [9.17, 15) is 10.2 Å². The summed E-state index contributed by atoms with van der Waals surface area (Å²) in [5, 5.41) is 22.0. The lowest BCUT2D eigenvalue weighted by molar-refractivity contribution is 0.373. The van der Waals surface area contributed by atoms with Crippen LogP contribution < -0.4 is 10.1 Å². The van der Waals surface area contributed by atoms with E-state index in [2.05, 4.69) is 5.32 Å². The summed E-state index contributed by atoms with van der Waals surface area (Å²) in [7, 11) is 1.52. The van der Waals surface area contributed by atoms with Gasteiger partial charge in [0, 0.05) is 18.3 Å². The Bertz CT molecular complexity index is 540.